The Morgan fingerprint density at radius 3 is 2.75 bits per heavy atom. The molecule has 0 fully saturated rings. The third-order valence-electron chi connectivity index (χ3n) is 4.09. The standard InChI is InChI=1S/C21H21N3O4/c1-24(20(25)12-11-15-7-4-5-10-18(15)27-3)14-19-22-21(23-28-19)16-8-6-9-17(13-16)26-2/h4-13H,14H2,1-3H3/b12-11+. The Bertz CT molecular complexity index is 981. The van der Waals surface area contributed by atoms with Crippen molar-refractivity contribution in [1.82, 2.24) is 15.0 Å². The van der Waals surface area contributed by atoms with Crippen molar-refractivity contribution in [2.75, 3.05) is 21.3 Å². The van der Waals surface area contributed by atoms with Gasteiger partial charge in [0.2, 0.25) is 17.6 Å². The number of para-hydroxylation sites is 1. The Labute approximate surface area is 163 Å². The van der Waals surface area contributed by atoms with Crippen LogP contribution in [0, 0.1) is 0 Å². The highest BCUT2D eigenvalue weighted by Crippen LogP contribution is 2.22. The highest BCUT2D eigenvalue weighted by molar-refractivity contribution is 5.91. The summed E-state index contributed by atoms with van der Waals surface area (Å²) in [6, 6.07) is 14.8. The highest BCUT2D eigenvalue weighted by atomic mass is 16.5. The van der Waals surface area contributed by atoms with Crippen molar-refractivity contribution in [1.29, 1.82) is 0 Å². The van der Waals surface area contributed by atoms with Crippen LogP contribution in [0.3, 0.4) is 0 Å². The van der Waals surface area contributed by atoms with Crippen LogP contribution in [-0.4, -0.2) is 42.2 Å². The van der Waals surface area contributed by atoms with E-state index in [4.69, 9.17) is 14.0 Å². The lowest BCUT2D eigenvalue weighted by Crippen LogP contribution is -2.24. The van der Waals surface area contributed by atoms with Gasteiger partial charge < -0.3 is 18.9 Å². The third kappa shape index (κ3) is 4.56. The molecule has 144 valence electrons. The van der Waals surface area contributed by atoms with E-state index in [1.54, 1.807) is 27.3 Å². The molecule has 0 spiro atoms. The molecule has 0 bridgehead atoms. The van der Waals surface area contributed by atoms with Gasteiger partial charge in [-0.3, -0.25) is 4.79 Å². The topological polar surface area (TPSA) is 77.7 Å². The van der Waals surface area contributed by atoms with E-state index in [0.717, 1.165) is 11.1 Å². The second-order valence-electron chi connectivity index (χ2n) is 6.01. The van der Waals surface area contributed by atoms with Gasteiger partial charge in [0.1, 0.15) is 11.5 Å². The maximum absolute atomic E-state index is 12.4. The second-order valence-corrected chi connectivity index (χ2v) is 6.01. The maximum Gasteiger partial charge on any atom is 0.246 e. The minimum atomic E-state index is -0.188. The Morgan fingerprint density at radius 1 is 1.14 bits per heavy atom. The zero-order valence-corrected chi connectivity index (χ0v) is 16.0. The molecule has 7 nitrogen and oxygen atoms in total. The van der Waals surface area contributed by atoms with Gasteiger partial charge in [0.15, 0.2) is 0 Å². The van der Waals surface area contributed by atoms with Crippen molar-refractivity contribution in [3.8, 4) is 22.9 Å². The molecule has 0 aliphatic heterocycles. The van der Waals surface area contributed by atoms with E-state index in [2.05, 4.69) is 10.1 Å². The Hall–Kier alpha value is -3.61. The predicted molar refractivity (Wildman–Crippen MR) is 105 cm³/mol. The number of nitrogens with zero attached hydrogens (tertiary/aromatic N) is 3. The molecule has 7 heteroatoms. The normalized spacial score (nSPS) is 10.8. The summed E-state index contributed by atoms with van der Waals surface area (Å²) in [5.41, 5.74) is 1.60. The zero-order valence-electron chi connectivity index (χ0n) is 16.0. The lowest BCUT2D eigenvalue weighted by atomic mass is 10.2. The van der Waals surface area contributed by atoms with Crippen LogP contribution < -0.4 is 9.47 Å². The number of carbonyl (C=O) groups excluding carboxylic acids is 1. The first-order chi connectivity index (χ1) is 13.6. The van der Waals surface area contributed by atoms with Crippen LogP contribution in [-0.2, 0) is 11.3 Å². The van der Waals surface area contributed by atoms with Gasteiger partial charge in [0.25, 0.3) is 0 Å². The molecular weight excluding hydrogens is 358 g/mol. The Morgan fingerprint density at radius 2 is 1.96 bits per heavy atom. The molecule has 0 radical (unpaired) electrons. The SMILES string of the molecule is COc1cccc(-c2noc(CN(C)C(=O)/C=C/c3ccccc3OC)n2)c1. The van der Waals surface area contributed by atoms with Crippen LogP contribution in [0.2, 0.25) is 0 Å². The zero-order chi connectivity index (χ0) is 19.9. The molecule has 3 rings (SSSR count). The quantitative estimate of drug-likeness (QED) is 0.586. The first-order valence-corrected chi connectivity index (χ1v) is 8.64. The van der Waals surface area contributed by atoms with Crippen LogP contribution in [0.25, 0.3) is 17.5 Å². The second kappa shape index (κ2) is 8.85. The average Bonchev–Trinajstić information content (AvgIpc) is 3.20. The molecular formula is C21H21N3O4. The average molecular weight is 379 g/mol. The number of carbonyl (C=O) groups is 1. The molecule has 0 atom stereocenters. The summed E-state index contributed by atoms with van der Waals surface area (Å²) in [5, 5.41) is 3.98. The lowest BCUT2D eigenvalue weighted by molar-refractivity contribution is -0.125. The number of ether oxygens (including phenoxy) is 2. The number of hydrogen-bond donors (Lipinski definition) is 0. The summed E-state index contributed by atoms with van der Waals surface area (Å²) in [6.45, 7) is 0.200. The number of rotatable bonds is 7. The van der Waals surface area contributed by atoms with Crippen LogP contribution in [0.15, 0.2) is 59.1 Å². The van der Waals surface area contributed by atoms with E-state index < -0.39 is 0 Å². The number of hydrogen-bond acceptors (Lipinski definition) is 6. The summed E-state index contributed by atoms with van der Waals surface area (Å²) >= 11 is 0. The lowest BCUT2D eigenvalue weighted by Gasteiger charge is -2.12. The van der Waals surface area contributed by atoms with Crippen LogP contribution >= 0.6 is 0 Å². The molecule has 3 aromatic rings. The van der Waals surface area contributed by atoms with E-state index in [1.165, 1.54) is 11.0 Å². The summed E-state index contributed by atoms with van der Waals surface area (Å²) in [5.74, 6) is 2.01. The fourth-order valence-corrected chi connectivity index (χ4v) is 2.57. The van der Waals surface area contributed by atoms with Crippen molar-refractivity contribution >= 4 is 12.0 Å². The minimum Gasteiger partial charge on any atom is -0.497 e. The van der Waals surface area contributed by atoms with Gasteiger partial charge in [0.05, 0.1) is 20.8 Å². The van der Waals surface area contributed by atoms with Crippen LogP contribution in [0.5, 0.6) is 11.5 Å². The molecule has 0 aliphatic rings. The minimum absolute atomic E-state index is 0.188. The molecule has 0 aliphatic carbocycles. The summed E-state index contributed by atoms with van der Waals surface area (Å²) < 4.78 is 15.8. The monoisotopic (exact) mass is 379 g/mol. The van der Waals surface area contributed by atoms with Crippen molar-refractivity contribution in [2.45, 2.75) is 6.54 Å². The molecule has 1 aromatic heterocycles. The number of aromatic nitrogens is 2. The third-order valence-corrected chi connectivity index (χ3v) is 4.09. The van der Waals surface area contributed by atoms with E-state index >= 15 is 0 Å². The Balaban J connectivity index is 1.66. The van der Waals surface area contributed by atoms with Crippen molar-refractivity contribution in [3.63, 3.8) is 0 Å². The highest BCUT2D eigenvalue weighted by Gasteiger charge is 2.13. The molecule has 2 aromatic carbocycles. The van der Waals surface area contributed by atoms with Crippen LogP contribution in [0.1, 0.15) is 11.5 Å². The summed E-state index contributed by atoms with van der Waals surface area (Å²) in [7, 11) is 4.86. The van der Waals surface area contributed by atoms with Crippen LogP contribution in [0.4, 0.5) is 0 Å². The molecule has 1 heterocycles. The predicted octanol–water partition coefficient (Wildman–Crippen LogP) is 3.43. The van der Waals surface area contributed by atoms with E-state index in [9.17, 15) is 4.79 Å². The molecule has 0 unspecified atom stereocenters. The molecule has 1 amide bonds. The fourth-order valence-electron chi connectivity index (χ4n) is 2.57. The molecule has 0 N–H and O–H groups in total. The van der Waals surface area contributed by atoms with E-state index in [0.29, 0.717) is 23.2 Å². The number of amides is 1. The van der Waals surface area contributed by atoms with Gasteiger partial charge in [0, 0.05) is 24.3 Å². The molecule has 28 heavy (non-hydrogen) atoms. The maximum atomic E-state index is 12.4. The Kier molecular flexibility index (Phi) is 6.06. The largest absolute Gasteiger partial charge is 0.497 e. The number of benzene rings is 2. The van der Waals surface area contributed by atoms with Crippen molar-refractivity contribution in [2.24, 2.45) is 0 Å². The van der Waals surface area contributed by atoms with Gasteiger partial charge in [-0.1, -0.05) is 35.5 Å². The van der Waals surface area contributed by atoms with E-state index in [1.807, 2.05) is 48.5 Å². The molecule has 0 saturated heterocycles. The smallest absolute Gasteiger partial charge is 0.246 e. The fraction of sp³-hybridized carbons (Fsp3) is 0.190. The number of likely N-dealkylation sites (N-methyl/N-ethyl adjacent to an activating group) is 1. The van der Waals surface area contributed by atoms with Gasteiger partial charge in [-0.05, 0) is 24.3 Å². The summed E-state index contributed by atoms with van der Waals surface area (Å²) in [4.78, 5) is 18.2. The van der Waals surface area contributed by atoms with Crippen molar-refractivity contribution < 1.29 is 18.8 Å². The first-order valence-electron chi connectivity index (χ1n) is 8.64. The van der Waals surface area contributed by atoms with Crippen molar-refractivity contribution in [3.05, 3.63) is 66.1 Å². The van der Waals surface area contributed by atoms with Gasteiger partial charge >= 0.3 is 0 Å². The summed E-state index contributed by atoms with van der Waals surface area (Å²) in [6.07, 6.45) is 3.20. The number of methoxy groups -OCH3 is 2. The first kappa shape index (κ1) is 19.2. The van der Waals surface area contributed by atoms with Gasteiger partial charge in [-0.2, -0.15) is 4.98 Å². The van der Waals surface area contributed by atoms with Gasteiger partial charge in [-0.15, -0.1) is 0 Å². The van der Waals surface area contributed by atoms with E-state index in [-0.39, 0.29) is 12.5 Å². The molecule has 0 saturated carbocycles. The van der Waals surface area contributed by atoms with Gasteiger partial charge in [-0.25, -0.2) is 0 Å².